The van der Waals surface area contributed by atoms with Crippen LogP contribution in [0.3, 0.4) is 0 Å². The van der Waals surface area contributed by atoms with Gasteiger partial charge < -0.3 is 48.4 Å². The predicted molar refractivity (Wildman–Crippen MR) is 262 cm³/mol. The lowest BCUT2D eigenvalue weighted by atomic mass is 9.44. The highest BCUT2D eigenvalue weighted by Crippen LogP contribution is 2.65. The van der Waals surface area contributed by atoms with E-state index in [-0.39, 0.29) is 42.1 Å². The molecule has 0 unspecified atom stereocenters. The molecule has 1 saturated heterocycles. The predicted octanol–water partition coefficient (Wildman–Crippen LogP) is 7.95. The molecule has 3 fully saturated rings. The van der Waals surface area contributed by atoms with E-state index in [1.807, 2.05) is 34.6 Å². The molecule has 70 heavy (non-hydrogen) atoms. The molecule has 2 bridgehead atoms. The van der Waals surface area contributed by atoms with Gasteiger partial charge in [-0.05, 0) is 88.4 Å². The van der Waals surface area contributed by atoms with Crippen molar-refractivity contribution in [2.45, 2.75) is 214 Å². The van der Waals surface area contributed by atoms with Crippen LogP contribution < -0.4 is 5.32 Å². The second kappa shape index (κ2) is 20.0. The third kappa shape index (κ3) is 9.99. The lowest BCUT2D eigenvalue weighted by molar-refractivity contribution is -0.344. The van der Waals surface area contributed by atoms with Crippen LogP contribution in [0.1, 0.15) is 147 Å². The first-order valence-electron chi connectivity index (χ1n) is 25.0. The molecule has 11 atom stereocenters. The highest BCUT2D eigenvalue weighted by atomic mass is 28.4. The lowest BCUT2D eigenvalue weighted by Crippen LogP contribution is -2.82. The van der Waals surface area contributed by atoms with Gasteiger partial charge in [0.2, 0.25) is 0 Å². The number of aliphatic hydroxyl groups is 2. The Labute approximate surface area is 415 Å². The van der Waals surface area contributed by atoms with Crippen molar-refractivity contribution in [2.24, 2.45) is 28.1 Å². The second-order valence-electron chi connectivity index (χ2n) is 23.3. The number of esters is 4. The Morgan fingerprint density at radius 2 is 1.49 bits per heavy atom. The molecular weight excluding hydrogens is 919 g/mol. The molecule has 1 aliphatic heterocycles. The van der Waals surface area contributed by atoms with E-state index in [9.17, 15) is 29.4 Å². The van der Waals surface area contributed by atoms with Crippen LogP contribution in [-0.2, 0) is 52.0 Å². The summed E-state index contributed by atoms with van der Waals surface area (Å²) in [6, 6.07) is 8.90. The minimum Gasteiger partial charge on any atom is -0.456 e. The van der Waals surface area contributed by atoms with E-state index in [1.54, 1.807) is 99.6 Å². The summed E-state index contributed by atoms with van der Waals surface area (Å²) < 4.78 is 44.9. The molecule has 0 spiro atoms. The summed E-state index contributed by atoms with van der Waals surface area (Å²) in [5, 5.41) is 29.9. The van der Waals surface area contributed by atoms with E-state index in [0.717, 1.165) is 6.92 Å². The van der Waals surface area contributed by atoms with E-state index >= 15 is 9.59 Å². The molecule has 4 aliphatic rings. The largest absolute Gasteiger partial charge is 0.456 e. The van der Waals surface area contributed by atoms with Gasteiger partial charge in [-0.1, -0.05) is 87.4 Å². The summed E-state index contributed by atoms with van der Waals surface area (Å²) in [6.45, 7) is 28.5. The summed E-state index contributed by atoms with van der Waals surface area (Å²) in [7, 11) is -2.65. The molecule has 1 aromatic carbocycles. The van der Waals surface area contributed by atoms with Crippen molar-refractivity contribution in [1.29, 1.82) is 0 Å². The highest BCUT2D eigenvalue weighted by Gasteiger charge is 2.79. The quantitative estimate of drug-likeness (QED) is 0.0657. The first-order valence-corrected chi connectivity index (χ1v) is 27.5. The fraction of sp³-hybridized carbons (Fsp3) is 0.736. The summed E-state index contributed by atoms with van der Waals surface area (Å²) in [6.07, 6.45) is -8.07. The van der Waals surface area contributed by atoms with Crippen molar-refractivity contribution < 1.29 is 71.8 Å². The normalized spacial score (nSPS) is 31.0. The SMILES string of the molecule is CC[Si](CC)(CC)O[C@H]1C[C@H]2OC[C@@]2(OC(C)=O)[C@H]2[C@H](OC(=O)c3ccccc3)[C@]3(O)C[C@H](OC(=O)[C@](O)([C@H](CC(C)C)NC(=O)OC(C)(C)C)C(C)(C)C)C(C)=C([C@@H](OC(C)=O)C(=O)[C@]12C)C3(C)C. The number of amides is 1. The molecule has 1 amide bonds. The van der Waals surface area contributed by atoms with Crippen LogP contribution in [-0.4, -0.2) is 120 Å². The van der Waals surface area contributed by atoms with Gasteiger partial charge in [-0.25, -0.2) is 14.4 Å². The Morgan fingerprint density at radius 3 is 1.96 bits per heavy atom. The summed E-state index contributed by atoms with van der Waals surface area (Å²) in [5.41, 5.74) is -11.8. The zero-order valence-electron chi connectivity index (χ0n) is 44.7. The van der Waals surface area contributed by atoms with Crippen molar-refractivity contribution in [2.75, 3.05) is 6.61 Å². The van der Waals surface area contributed by atoms with Crippen molar-refractivity contribution >= 4 is 44.1 Å². The van der Waals surface area contributed by atoms with Crippen LogP contribution >= 0.6 is 0 Å². The van der Waals surface area contributed by atoms with Gasteiger partial charge in [-0.2, -0.15) is 0 Å². The number of carbonyl (C=O) groups is 6. The summed E-state index contributed by atoms with van der Waals surface area (Å²) in [4.78, 5) is 86.8. The first-order chi connectivity index (χ1) is 32.2. The second-order valence-corrected chi connectivity index (χ2v) is 28.1. The van der Waals surface area contributed by atoms with Crippen LogP contribution in [0.5, 0.6) is 0 Å². The van der Waals surface area contributed by atoms with Crippen molar-refractivity contribution in [3.8, 4) is 0 Å². The molecular formula is C53H81NO15Si. The van der Waals surface area contributed by atoms with Crippen LogP contribution in [0.25, 0.3) is 0 Å². The Hall–Kier alpha value is -4.16. The number of alkyl carbamates (subject to hydrolysis) is 1. The zero-order chi connectivity index (χ0) is 53.0. The number of fused-ring (bicyclic) bond motifs is 5. The molecule has 1 aromatic rings. The summed E-state index contributed by atoms with van der Waals surface area (Å²) in [5.74, 6) is -5.84. The number of ether oxygens (including phenoxy) is 6. The molecule has 5 rings (SSSR count). The number of hydrogen-bond acceptors (Lipinski definition) is 15. The van der Waals surface area contributed by atoms with Gasteiger partial charge in [0.15, 0.2) is 31.4 Å². The minimum atomic E-state index is -2.65. The number of rotatable bonds is 15. The highest BCUT2D eigenvalue weighted by molar-refractivity contribution is 6.73. The number of Topliss-reactive ketones (excluding diaryl/α,β-unsaturated/α-hetero) is 1. The van der Waals surface area contributed by atoms with E-state index in [2.05, 4.69) is 5.32 Å². The molecule has 2 saturated carbocycles. The Morgan fingerprint density at radius 1 is 0.900 bits per heavy atom. The maximum absolute atomic E-state index is 16.4. The third-order valence-electron chi connectivity index (χ3n) is 16.1. The molecule has 0 aromatic heterocycles. The fourth-order valence-corrected chi connectivity index (χ4v) is 14.9. The number of benzene rings is 1. The molecule has 392 valence electrons. The Bertz CT molecular complexity index is 2180. The average molecular weight is 1000 g/mol. The fourth-order valence-electron chi connectivity index (χ4n) is 11.9. The van der Waals surface area contributed by atoms with Crippen LogP contribution in [0, 0.1) is 28.1 Å². The molecule has 0 radical (unpaired) electrons. The van der Waals surface area contributed by atoms with Crippen molar-refractivity contribution in [3.05, 3.63) is 47.0 Å². The lowest BCUT2D eigenvalue weighted by Gasteiger charge is -2.68. The van der Waals surface area contributed by atoms with E-state index < -0.39 is 132 Å². The van der Waals surface area contributed by atoms with E-state index in [0.29, 0.717) is 18.1 Å². The minimum absolute atomic E-state index is 0.0766. The van der Waals surface area contributed by atoms with E-state index in [1.165, 1.54) is 6.92 Å². The van der Waals surface area contributed by atoms with Gasteiger partial charge in [0, 0.05) is 37.5 Å². The van der Waals surface area contributed by atoms with Gasteiger partial charge >= 0.3 is 30.0 Å². The Balaban J connectivity index is 1.87. The van der Waals surface area contributed by atoms with Gasteiger partial charge in [0.25, 0.3) is 0 Å². The maximum atomic E-state index is 16.4. The Kier molecular flexibility index (Phi) is 16.2. The molecule has 3 N–H and O–H groups in total. The van der Waals surface area contributed by atoms with Crippen LogP contribution in [0.4, 0.5) is 4.79 Å². The number of hydrogen-bond donors (Lipinski definition) is 3. The van der Waals surface area contributed by atoms with Gasteiger partial charge in [-0.3, -0.25) is 14.4 Å². The topological polar surface area (TPSA) is 220 Å². The van der Waals surface area contributed by atoms with Crippen molar-refractivity contribution in [3.63, 3.8) is 0 Å². The third-order valence-corrected chi connectivity index (χ3v) is 20.7. The molecule has 3 aliphatic carbocycles. The van der Waals surface area contributed by atoms with Gasteiger partial charge in [-0.15, -0.1) is 0 Å². The van der Waals surface area contributed by atoms with E-state index in [4.69, 9.17) is 32.8 Å². The molecule has 17 heteroatoms. The van der Waals surface area contributed by atoms with Gasteiger partial charge in [0.1, 0.15) is 29.5 Å². The monoisotopic (exact) mass is 1000 g/mol. The average Bonchev–Trinajstić information content (AvgIpc) is 3.24. The number of nitrogens with one attached hydrogen (secondary N) is 1. The maximum Gasteiger partial charge on any atom is 0.407 e. The van der Waals surface area contributed by atoms with Crippen LogP contribution in [0.2, 0.25) is 18.1 Å². The number of ketones is 1. The smallest absolute Gasteiger partial charge is 0.407 e. The van der Waals surface area contributed by atoms with Crippen LogP contribution in [0.15, 0.2) is 41.5 Å². The summed E-state index contributed by atoms with van der Waals surface area (Å²) >= 11 is 0. The van der Waals surface area contributed by atoms with Crippen molar-refractivity contribution in [1.82, 2.24) is 5.32 Å². The standard InChI is InChI=1S/C53H81NO15Si/c1-18-70(19-2,20-3)69-37-27-38-51(29-63-38,67-33(8)56)41-43(66-44(58)34-24-22-21-23-25-34)52(61)28-35(31(6)39(49(52,15)16)40(64-32(7)55)42(57)50(37,41)17)65-45(59)53(62,47(9,10)11)36(26-30(4)5)54-46(60)68-48(12,13)14/h21-25,30,35-38,40-41,43,61-62H,18-20,26-29H2,1-17H3,(H,54,60)/t35-,36-,37-,38+,40+,41-,43-,50+,51-,52+,53+/m0/s1. The van der Waals surface area contributed by atoms with Gasteiger partial charge in [0.05, 0.1) is 35.6 Å². The zero-order valence-corrected chi connectivity index (χ0v) is 45.7. The number of carbonyl (C=O) groups excluding carboxylic acids is 6. The molecule has 16 nitrogen and oxygen atoms in total. The molecule has 1 heterocycles. The first kappa shape index (κ1) is 56.7.